The molecule has 1 saturated heterocycles. The van der Waals surface area contributed by atoms with Crippen LogP contribution in [0.4, 0.5) is 0 Å². The maximum absolute atomic E-state index is 6.07. The summed E-state index contributed by atoms with van der Waals surface area (Å²) in [5, 5.41) is 0. The molecule has 0 atom stereocenters. The highest BCUT2D eigenvalue weighted by atomic mass is 79.9. The van der Waals surface area contributed by atoms with E-state index in [9.17, 15) is 0 Å². The predicted octanol–water partition coefficient (Wildman–Crippen LogP) is 5.85. The van der Waals surface area contributed by atoms with E-state index >= 15 is 0 Å². The second kappa shape index (κ2) is 7.34. The molecule has 3 aromatic rings. The number of hydrogen-bond donors (Lipinski definition) is 0. The Hall–Kier alpha value is -1.59. The molecule has 25 heavy (non-hydrogen) atoms. The molecular weight excluding hydrogens is 396 g/mol. The zero-order valence-corrected chi connectivity index (χ0v) is 15.9. The molecule has 2 nitrogen and oxygen atoms in total. The molecule has 4 heteroatoms. The van der Waals surface area contributed by atoms with Crippen LogP contribution in [-0.2, 0) is 15.3 Å². The number of hydrogen-bond acceptors (Lipinski definition) is 3. The van der Waals surface area contributed by atoms with Crippen molar-refractivity contribution in [2.45, 2.75) is 15.6 Å². The molecule has 0 amide bonds. The molecule has 0 unspecified atom stereocenters. The minimum Gasteiger partial charge on any atom is -0.340 e. The minimum atomic E-state index is -0.809. The summed E-state index contributed by atoms with van der Waals surface area (Å²) in [6.45, 7) is 1.19. The van der Waals surface area contributed by atoms with E-state index in [2.05, 4.69) is 64.5 Å². The van der Waals surface area contributed by atoms with Crippen molar-refractivity contribution in [1.82, 2.24) is 0 Å². The minimum absolute atomic E-state index is 0.594. The van der Waals surface area contributed by atoms with Crippen LogP contribution in [0.5, 0.6) is 0 Å². The summed E-state index contributed by atoms with van der Waals surface area (Å²) < 4.78 is 13.2. The Morgan fingerprint density at radius 3 is 1.80 bits per heavy atom. The maximum atomic E-state index is 6.07. The lowest BCUT2D eigenvalue weighted by atomic mass is 9.97. The molecule has 3 aromatic carbocycles. The molecule has 0 aromatic heterocycles. The highest BCUT2D eigenvalue weighted by Gasteiger charge is 2.40. The van der Waals surface area contributed by atoms with Gasteiger partial charge in [-0.3, -0.25) is 0 Å². The van der Waals surface area contributed by atoms with Gasteiger partial charge in [-0.15, -0.1) is 0 Å². The Balaban J connectivity index is 1.63. The lowest BCUT2D eigenvalue weighted by molar-refractivity contribution is -0.129. The van der Waals surface area contributed by atoms with Crippen molar-refractivity contribution < 1.29 is 9.47 Å². The highest BCUT2D eigenvalue weighted by Crippen LogP contribution is 2.39. The van der Waals surface area contributed by atoms with E-state index in [0.29, 0.717) is 13.2 Å². The fourth-order valence-electron chi connectivity index (χ4n) is 2.95. The van der Waals surface area contributed by atoms with Gasteiger partial charge in [-0.25, -0.2) is 0 Å². The van der Waals surface area contributed by atoms with Crippen LogP contribution in [-0.4, -0.2) is 13.2 Å². The average molecular weight is 413 g/mol. The van der Waals surface area contributed by atoms with Crippen LogP contribution in [0, 0.1) is 0 Å². The first kappa shape index (κ1) is 16.9. The Morgan fingerprint density at radius 2 is 1.20 bits per heavy atom. The van der Waals surface area contributed by atoms with Gasteiger partial charge in [0.2, 0.25) is 5.79 Å². The number of ether oxygens (including phenoxy) is 2. The first-order valence-corrected chi connectivity index (χ1v) is 9.75. The number of rotatable bonds is 4. The molecule has 1 heterocycles. The van der Waals surface area contributed by atoms with Crippen molar-refractivity contribution in [3.63, 3.8) is 0 Å². The smallest absolute Gasteiger partial charge is 0.222 e. The monoisotopic (exact) mass is 412 g/mol. The van der Waals surface area contributed by atoms with Crippen LogP contribution in [0.25, 0.3) is 0 Å². The topological polar surface area (TPSA) is 18.5 Å². The molecule has 0 aliphatic carbocycles. The van der Waals surface area contributed by atoms with Crippen LogP contribution in [0.1, 0.15) is 11.1 Å². The van der Waals surface area contributed by atoms with Crippen molar-refractivity contribution in [2.75, 3.05) is 13.2 Å². The van der Waals surface area contributed by atoms with Gasteiger partial charge < -0.3 is 9.47 Å². The Kier molecular flexibility index (Phi) is 4.95. The standard InChI is InChI=1S/C21H17BrO2S/c22-18-10-6-16(7-11-18)21(23-14-15-24-21)17-8-12-20(13-9-17)25-19-4-2-1-3-5-19/h1-13H,14-15H2. The average Bonchev–Trinajstić information content (AvgIpc) is 3.15. The molecule has 126 valence electrons. The predicted molar refractivity (Wildman–Crippen MR) is 104 cm³/mol. The van der Waals surface area contributed by atoms with Crippen molar-refractivity contribution in [3.8, 4) is 0 Å². The summed E-state index contributed by atoms with van der Waals surface area (Å²) in [6, 6.07) is 26.9. The largest absolute Gasteiger partial charge is 0.340 e. The summed E-state index contributed by atoms with van der Waals surface area (Å²) in [6.07, 6.45) is 0. The fourth-order valence-corrected chi connectivity index (χ4v) is 4.05. The second-order valence-corrected chi connectivity index (χ2v) is 7.82. The van der Waals surface area contributed by atoms with Gasteiger partial charge in [0.25, 0.3) is 0 Å². The van der Waals surface area contributed by atoms with Crippen LogP contribution >= 0.6 is 27.7 Å². The normalized spacial score (nSPS) is 16.0. The molecule has 1 aliphatic heterocycles. The van der Waals surface area contributed by atoms with E-state index in [1.54, 1.807) is 11.8 Å². The van der Waals surface area contributed by atoms with E-state index < -0.39 is 5.79 Å². The molecule has 0 N–H and O–H groups in total. The molecule has 1 aliphatic rings. The fraction of sp³-hybridized carbons (Fsp3) is 0.143. The first-order chi connectivity index (χ1) is 12.3. The second-order valence-electron chi connectivity index (χ2n) is 5.76. The van der Waals surface area contributed by atoms with Gasteiger partial charge in [-0.2, -0.15) is 0 Å². The number of benzene rings is 3. The summed E-state index contributed by atoms with van der Waals surface area (Å²) in [5.41, 5.74) is 2.03. The van der Waals surface area contributed by atoms with E-state index in [4.69, 9.17) is 9.47 Å². The highest BCUT2D eigenvalue weighted by molar-refractivity contribution is 9.10. The number of halogens is 1. The molecule has 0 bridgehead atoms. The lowest BCUT2D eigenvalue weighted by Gasteiger charge is -2.28. The zero-order valence-electron chi connectivity index (χ0n) is 13.5. The molecule has 1 fully saturated rings. The zero-order chi connectivity index (χ0) is 17.1. The maximum Gasteiger partial charge on any atom is 0.222 e. The van der Waals surface area contributed by atoms with Crippen LogP contribution in [0.3, 0.4) is 0 Å². The SMILES string of the molecule is Brc1ccc(C2(c3ccc(Sc4ccccc4)cc3)OCCO2)cc1. The Labute approximate surface area is 160 Å². The van der Waals surface area contributed by atoms with Crippen molar-refractivity contribution in [1.29, 1.82) is 0 Å². The summed E-state index contributed by atoms with van der Waals surface area (Å²) in [7, 11) is 0. The van der Waals surface area contributed by atoms with Crippen molar-refractivity contribution in [2.24, 2.45) is 0 Å². The third kappa shape index (κ3) is 3.53. The lowest BCUT2D eigenvalue weighted by Crippen LogP contribution is -2.28. The Bertz CT molecular complexity index is 826. The van der Waals surface area contributed by atoms with E-state index in [-0.39, 0.29) is 0 Å². The van der Waals surface area contributed by atoms with E-state index in [0.717, 1.165) is 15.6 Å². The third-order valence-corrected chi connectivity index (χ3v) is 5.68. The molecule has 0 spiro atoms. The summed E-state index contributed by atoms with van der Waals surface area (Å²) in [4.78, 5) is 2.42. The van der Waals surface area contributed by atoms with Gasteiger partial charge >= 0.3 is 0 Å². The summed E-state index contributed by atoms with van der Waals surface area (Å²) >= 11 is 5.23. The molecule has 0 radical (unpaired) electrons. The van der Waals surface area contributed by atoms with E-state index in [1.807, 2.05) is 30.3 Å². The van der Waals surface area contributed by atoms with E-state index in [1.165, 1.54) is 9.79 Å². The quantitative estimate of drug-likeness (QED) is 0.535. The van der Waals surface area contributed by atoms with Crippen LogP contribution < -0.4 is 0 Å². The van der Waals surface area contributed by atoms with Crippen molar-refractivity contribution in [3.05, 3.63) is 94.5 Å². The van der Waals surface area contributed by atoms with Crippen molar-refractivity contribution >= 4 is 27.7 Å². The van der Waals surface area contributed by atoms with Crippen LogP contribution in [0.15, 0.2) is 93.1 Å². The van der Waals surface area contributed by atoms with Gasteiger partial charge in [0.15, 0.2) is 0 Å². The van der Waals surface area contributed by atoms with Gasteiger partial charge in [-0.05, 0) is 36.4 Å². The molecule has 0 saturated carbocycles. The molecule has 4 rings (SSSR count). The van der Waals surface area contributed by atoms with Gasteiger partial charge in [-0.1, -0.05) is 70.2 Å². The third-order valence-electron chi connectivity index (χ3n) is 4.13. The van der Waals surface area contributed by atoms with Gasteiger partial charge in [0.1, 0.15) is 0 Å². The Morgan fingerprint density at radius 1 is 0.680 bits per heavy atom. The van der Waals surface area contributed by atoms with Crippen LogP contribution in [0.2, 0.25) is 0 Å². The first-order valence-electron chi connectivity index (χ1n) is 8.14. The van der Waals surface area contributed by atoms with Gasteiger partial charge in [0.05, 0.1) is 13.2 Å². The molecular formula is C21H17BrO2S. The summed E-state index contributed by atoms with van der Waals surface area (Å²) in [5.74, 6) is -0.809. The van der Waals surface area contributed by atoms with Gasteiger partial charge in [0, 0.05) is 25.4 Å².